The van der Waals surface area contributed by atoms with Crippen LogP contribution in [-0.2, 0) is 14.3 Å². The lowest BCUT2D eigenvalue weighted by Gasteiger charge is -2.32. The number of nitrogens with zero attached hydrogens (tertiary/aromatic N) is 3. The Morgan fingerprint density at radius 1 is 0.944 bits per heavy atom. The number of carbonyl (C=O) groups is 3. The van der Waals surface area contributed by atoms with Crippen molar-refractivity contribution in [2.45, 2.75) is 106 Å². The van der Waals surface area contributed by atoms with E-state index in [9.17, 15) is 24.9 Å². The van der Waals surface area contributed by atoms with Gasteiger partial charge in [-0.05, 0) is 51.7 Å². The van der Waals surface area contributed by atoms with Gasteiger partial charge in [-0.25, -0.2) is 9.78 Å². The number of hydrogen-bond donors (Lipinski definition) is 2. The molecule has 0 radical (unpaired) electrons. The Balaban J connectivity index is 1.63. The zero-order chi connectivity index (χ0) is 26.2. The molecule has 2 N–H and O–H groups in total. The zero-order valence-electron chi connectivity index (χ0n) is 20.8. The van der Waals surface area contributed by atoms with E-state index in [1.807, 2.05) is 0 Å². The highest BCUT2D eigenvalue weighted by Crippen LogP contribution is 2.31. The minimum Gasteiger partial charge on any atom is -0.449 e. The van der Waals surface area contributed by atoms with Crippen molar-refractivity contribution in [3.05, 3.63) is 23.9 Å². The highest BCUT2D eigenvalue weighted by molar-refractivity contribution is 8.00. The van der Waals surface area contributed by atoms with Gasteiger partial charge in [0.1, 0.15) is 16.1 Å². The number of nitriles is 2. The van der Waals surface area contributed by atoms with Gasteiger partial charge in [0.15, 0.2) is 6.10 Å². The van der Waals surface area contributed by atoms with Crippen LogP contribution in [-0.4, -0.2) is 45.2 Å². The Morgan fingerprint density at radius 3 is 2.00 bits per heavy atom. The lowest BCUT2D eigenvalue weighted by atomic mass is 9.83. The number of thioether (sulfide) groups is 1. The maximum atomic E-state index is 12.9. The molecule has 0 saturated heterocycles. The molecule has 9 nitrogen and oxygen atoms in total. The van der Waals surface area contributed by atoms with Crippen molar-refractivity contribution >= 4 is 29.5 Å². The summed E-state index contributed by atoms with van der Waals surface area (Å²) in [4.78, 5) is 42.7. The van der Waals surface area contributed by atoms with E-state index in [0.29, 0.717) is 30.7 Å². The minimum absolute atomic E-state index is 0.141. The summed E-state index contributed by atoms with van der Waals surface area (Å²) in [5.74, 6) is -1.56. The quantitative estimate of drug-likeness (QED) is 0.396. The standard InChI is InChI=1S/C26H33N5O4S/c1-18(21(32)30-25(16-27)11-5-3-6-12-25)35-24(34)20-10-9-15-29-23(20)36-19(2)22(33)31-26(17-28)13-7-4-8-14-26/h9-10,15,18-19H,3-8,11-14H2,1-2H3,(H,30,32)(H,31,33)/t18-,19+/m1/s1. The predicted molar refractivity (Wildman–Crippen MR) is 134 cm³/mol. The van der Waals surface area contributed by atoms with Crippen LogP contribution in [0.5, 0.6) is 0 Å². The average molecular weight is 512 g/mol. The fourth-order valence-corrected chi connectivity index (χ4v) is 5.55. The Kier molecular flexibility index (Phi) is 9.33. The number of nitrogens with one attached hydrogen (secondary N) is 2. The summed E-state index contributed by atoms with van der Waals surface area (Å²) in [5.41, 5.74) is -1.63. The summed E-state index contributed by atoms with van der Waals surface area (Å²) >= 11 is 1.09. The number of pyridine rings is 1. The number of aromatic nitrogens is 1. The molecular weight excluding hydrogens is 478 g/mol. The van der Waals surface area contributed by atoms with Gasteiger partial charge in [0.2, 0.25) is 5.91 Å². The number of hydrogen-bond acceptors (Lipinski definition) is 8. The Labute approximate surface area is 216 Å². The van der Waals surface area contributed by atoms with Crippen LogP contribution in [0.2, 0.25) is 0 Å². The first-order valence-corrected chi connectivity index (χ1v) is 13.4. The summed E-state index contributed by atoms with van der Waals surface area (Å²) in [6.07, 6.45) is 8.40. The summed E-state index contributed by atoms with van der Waals surface area (Å²) in [7, 11) is 0. The third-order valence-electron chi connectivity index (χ3n) is 6.87. The van der Waals surface area contributed by atoms with Gasteiger partial charge in [0.25, 0.3) is 5.91 Å². The second kappa shape index (κ2) is 12.2. The van der Waals surface area contributed by atoms with Gasteiger partial charge < -0.3 is 15.4 Å². The van der Waals surface area contributed by atoms with Crippen LogP contribution < -0.4 is 10.6 Å². The van der Waals surface area contributed by atoms with Crippen LogP contribution in [0.25, 0.3) is 0 Å². The molecule has 36 heavy (non-hydrogen) atoms. The van der Waals surface area contributed by atoms with Crippen molar-refractivity contribution in [1.29, 1.82) is 10.5 Å². The lowest BCUT2D eigenvalue weighted by Crippen LogP contribution is -2.52. The molecule has 1 heterocycles. The van der Waals surface area contributed by atoms with Gasteiger partial charge in [0, 0.05) is 6.20 Å². The molecule has 10 heteroatoms. The lowest BCUT2D eigenvalue weighted by molar-refractivity contribution is -0.130. The normalized spacial score (nSPS) is 20.0. The molecule has 0 spiro atoms. The molecule has 2 aliphatic carbocycles. The van der Waals surface area contributed by atoms with E-state index in [0.717, 1.165) is 50.3 Å². The van der Waals surface area contributed by atoms with E-state index < -0.39 is 34.3 Å². The summed E-state index contributed by atoms with van der Waals surface area (Å²) in [6, 6.07) is 7.61. The third kappa shape index (κ3) is 6.76. The fraction of sp³-hybridized carbons (Fsp3) is 0.615. The van der Waals surface area contributed by atoms with E-state index in [4.69, 9.17) is 4.74 Å². The molecule has 3 rings (SSSR count). The zero-order valence-corrected chi connectivity index (χ0v) is 21.7. The SMILES string of the molecule is C[C@H](Sc1ncccc1C(=O)O[C@H](C)C(=O)NC1(C#N)CCCCC1)C(=O)NC1(C#N)CCCCC1. The van der Waals surface area contributed by atoms with Crippen LogP contribution in [0.15, 0.2) is 23.4 Å². The second-order valence-corrected chi connectivity index (χ2v) is 11.0. The summed E-state index contributed by atoms with van der Waals surface area (Å²) in [6.45, 7) is 3.16. The summed E-state index contributed by atoms with van der Waals surface area (Å²) in [5, 5.41) is 24.6. The van der Waals surface area contributed by atoms with E-state index in [1.165, 1.54) is 19.2 Å². The van der Waals surface area contributed by atoms with Crippen molar-refractivity contribution in [3.8, 4) is 12.1 Å². The molecule has 2 aliphatic rings. The highest BCUT2D eigenvalue weighted by Gasteiger charge is 2.37. The van der Waals surface area contributed by atoms with Gasteiger partial charge in [-0.1, -0.05) is 50.3 Å². The smallest absolute Gasteiger partial charge is 0.341 e. The molecule has 0 unspecified atom stereocenters. The number of carbonyl (C=O) groups excluding carboxylic acids is 3. The number of ether oxygens (including phenoxy) is 1. The Hall–Kier alpha value is -3.11. The van der Waals surface area contributed by atoms with E-state index >= 15 is 0 Å². The molecule has 0 bridgehead atoms. The van der Waals surface area contributed by atoms with Crippen LogP contribution in [0, 0.1) is 22.7 Å². The van der Waals surface area contributed by atoms with Crippen LogP contribution in [0.3, 0.4) is 0 Å². The molecule has 0 aliphatic heterocycles. The van der Waals surface area contributed by atoms with Gasteiger partial charge in [0.05, 0.1) is 23.0 Å². The molecule has 2 atom stereocenters. The van der Waals surface area contributed by atoms with E-state index in [2.05, 4.69) is 27.8 Å². The van der Waals surface area contributed by atoms with Crippen molar-refractivity contribution < 1.29 is 19.1 Å². The Morgan fingerprint density at radius 2 is 1.47 bits per heavy atom. The number of amides is 2. The largest absolute Gasteiger partial charge is 0.449 e. The van der Waals surface area contributed by atoms with Crippen molar-refractivity contribution in [2.75, 3.05) is 0 Å². The molecular formula is C26H33N5O4S. The van der Waals surface area contributed by atoms with Gasteiger partial charge in [-0.3, -0.25) is 9.59 Å². The Bertz CT molecular complexity index is 1050. The molecule has 2 amide bonds. The van der Waals surface area contributed by atoms with Crippen molar-refractivity contribution in [1.82, 2.24) is 15.6 Å². The van der Waals surface area contributed by atoms with Gasteiger partial charge >= 0.3 is 5.97 Å². The maximum Gasteiger partial charge on any atom is 0.341 e. The maximum absolute atomic E-state index is 12.9. The number of esters is 1. The molecule has 2 fully saturated rings. The molecule has 0 aromatic carbocycles. The number of rotatable bonds is 8. The average Bonchev–Trinajstić information content (AvgIpc) is 2.89. The monoisotopic (exact) mass is 511 g/mol. The van der Waals surface area contributed by atoms with E-state index in [-0.39, 0.29) is 11.5 Å². The van der Waals surface area contributed by atoms with E-state index in [1.54, 1.807) is 13.0 Å². The van der Waals surface area contributed by atoms with Crippen molar-refractivity contribution in [2.24, 2.45) is 0 Å². The summed E-state index contributed by atoms with van der Waals surface area (Å²) < 4.78 is 5.41. The predicted octanol–water partition coefficient (Wildman–Crippen LogP) is 3.79. The van der Waals surface area contributed by atoms with Crippen LogP contribution in [0.4, 0.5) is 0 Å². The third-order valence-corrected chi connectivity index (χ3v) is 7.99. The molecule has 1 aromatic heterocycles. The minimum atomic E-state index is -1.11. The highest BCUT2D eigenvalue weighted by atomic mass is 32.2. The van der Waals surface area contributed by atoms with Crippen LogP contribution >= 0.6 is 11.8 Å². The topological polar surface area (TPSA) is 145 Å². The van der Waals surface area contributed by atoms with Gasteiger partial charge in [-0.15, -0.1) is 0 Å². The van der Waals surface area contributed by atoms with Gasteiger partial charge in [-0.2, -0.15) is 10.5 Å². The van der Waals surface area contributed by atoms with Crippen molar-refractivity contribution in [3.63, 3.8) is 0 Å². The molecule has 192 valence electrons. The second-order valence-electron chi connectivity index (χ2n) is 9.65. The fourth-order valence-electron chi connectivity index (χ4n) is 4.65. The van der Waals surface area contributed by atoms with Crippen LogP contribution in [0.1, 0.15) is 88.4 Å². The molecule has 2 saturated carbocycles. The first-order valence-electron chi connectivity index (χ1n) is 12.5. The molecule has 1 aromatic rings. The first kappa shape index (κ1) is 27.5. The first-order chi connectivity index (χ1) is 17.2.